The SMILES string of the molecule is CCCNc1ncnc(Nc2ccc(Cl)cc2Cl)c1N. The highest BCUT2D eigenvalue weighted by atomic mass is 35.5. The normalized spacial score (nSPS) is 10.3. The molecule has 0 atom stereocenters. The number of halogens is 2. The van der Waals surface area contributed by atoms with Gasteiger partial charge in [0, 0.05) is 11.6 Å². The molecule has 0 spiro atoms. The molecule has 0 aliphatic rings. The van der Waals surface area contributed by atoms with Crippen molar-refractivity contribution in [3.63, 3.8) is 0 Å². The van der Waals surface area contributed by atoms with Crippen LogP contribution >= 0.6 is 23.2 Å². The zero-order valence-corrected chi connectivity index (χ0v) is 12.5. The van der Waals surface area contributed by atoms with E-state index >= 15 is 0 Å². The van der Waals surface area contributed by atoms with Crippen LogP contribution in [0.4, 0.5) is 23.0 Å². The van der Waals surface area contributed by atoms with Crippen LogP contribution in [0.25, 0.3) is 0 Å². The van der Waals surface area contributed by atoms with Crippen LogP contribution in [0.3, 0.4) is 0 Å². The molecule has 0 saturated heterocycles. The van der Waals surface area contributed by atoms with Gasteiger partial charge in [0.1, 0.15) is 12.0 Å². The molecule has 0 fully saturated rings. The molecule has 20 heavy (non-hydrogen) atoms. The van der Waals surface area contributed by atoms with Crippen LogP contribution in [-0.4, -0.2) is 16.5 Å². The molecule has 0 saturated carbocycles. The Balaban J connectivity index is 2.24. The van der Waals surface area contributed by atoms with Crippen molar-refractivity contribution in [1.29, 1.82) is 0 Å². The first-order valence-corrected chi connectivity index (χ1v) is 6.93. The highest BCUT2D eigenvalue weighted by Crippen LogP contribution is 2.31. The molecule has 5 nitrogen and oxygen atoms in total. The minimum atomic E-state index is 0.451. The second-order valence-corrected chi connectivity index (χ2v) is 5.00. The summed E-state index contributed by atoms with van der Waals surface area (Å²) in [5, 5.41) is 7.29. The van der Waals surface area contributed by atoms with Gasteiger partial charge >= 0.3 is 0 Å². The lowest BCUT2D eigenvalue weighted by Crippen LogP contribution is -2.08. The summed E-state index contributed by atoms with van der Waals surface area (Å²) in [5.41, 5.74) is 7.17. The number of nitrogens with one attached hydrogen (secondary N) is 2. The van der Waals surface area contributed by atoms with Crippen LogP contribution in [0.1, 0.15) is 13.3 Å². The Morgan fingerprint density at radius 3 is 2.65 bits per heavy atom. The maximum absolute atomic E-state index is 6.11. The highest BCUT2D eigenvalue weighted by molar-refractivity contribution is 6.36. The van der Waals surface area contributed by atoms with Gasteiger partial charge in [-0.1, -0.05) is 30.1 Å². The first-order valence-electron chi connectivity index (χ1n) is 6.18. The summed E-state index contributed by atoms with van der Waals surface area (Å²) in [6, 6.07) is 5.16. The number of hydrogen-bond acceptors (Lipinski definition) is 5. The predicted molar refractivity (Wildman–Crippen MR) is 85.0 cm³/mol. The molecule has 2 aromatic rings. The molecule has 0 radical (unpaired) electrons. The summed E-state index contributed by atoms with van der Waals surface area (Å²) in [5.74, 6) is 1.11. The van der Waals surface area contributed by atoms with Gasteiger partial charge in [-0.3, -0.25) is 0 Å². The van der Waals surface area contributed by atoms with E-state index in [9.17, 15) is 0 Å². The molecular formula is C13H15Cl2N5. The van der Waals surface area contributed by atoms with Crippen LogP contribution in [0, 0.1) is 0 Å². The minimum absolute atomic E-state index is 0.451. The van der Waals surface area contributed by atoms with Crippen molar-refractivity contribution in [1.82, 2.24) is 9.97 Å². The van der Waals surface area contributed by atoms with E-state index in [0.29, 0.717) is 33.1 Å². The van der Waals surface area contributed by atoms with Crippen molar-refractivity contribution in [2.45, 2.75) is 13.3 Å². The lowest BCUT2D eigenvalue weighted by molar-refractivity contribution is 0.966. The van der Waals surface area contributed by atoms with E-state index in [1.807, 2.05) is 0 Å². The van der Waals surface area contributed by atoms with Crippen molar-refractivity contribution in [3.05, 3.63) is 34.6 Å². The number of rotatable bonds is 5. The predicted octanol–water partition coefficient (Wildman–Crippen LogP) is 3.93. The molecule has 7 heteroatoms. The summed E-state index contributed by atoms with van der Waals surface area (Å²) >= 11 is 12.0. The Kier molecular flexibility index (Phi) is 4.87. The fraction of sp³-hybridized carbons (Fsp3) is 0.231. The molecule has 1 aromatic heterocycles. The Labute approximate surface area is 127 Å². The average molecular weight is 312 g/mol. The largest absolute Gasteiger partial charge is 0.393 e. The van der Waals surface area contributed by atoms with E-state index in [4.69, 9.17) is 28.9 Å². The van der Waals surface area contributed by atoms with Crippen LogP contribution < -0.4 is 16.4 Å². The molecule has 2 rings (SSSR count). The van der Waals surface area contributed by atoms with Gasteiger partial charge in [-0.2, -0.15) is 0 Å². The lowest BCUT2D eigenvalue weighted by atomic mass is 10.3. The standard InChI is InChI=1S/C13H15Cl2N5/c1-2-5-17-12-11(16)13(19-7-18-12)20-10-4-3-8(14)6-9(10)15/h3-4,6-7H,2,5,16H2,1H3,(H2,17,18,19,20). The first-order chi connectivity index (χ1) is 9.61. The van der Waals surface area contributed by atoms with Gasteiger partial charge in [-0.15, -0.1) is 0 Å². The molecule has 0 unspecified atom stereocenters. The average Bonchev–Trinajstić information content (AvgIpc) is 2.42. The van der Waals surface area contributed by atoms with Crippen molar-refractivity contribution in [3.8, 4) is 0 Å². The third-order valence-electron chi connectivity index (χ3n) is 2.61. The topological polar surface area (TPSA) is 75.9 Å². The Morgan fingerprint density at radius 2 is 1.95 bits per heavy atom. The van der Waals surface area contributed by atoms with Crippen LogP contribution in [-0.2, 0) is 0 Å². The zero-order valence-electron chi connectivity index (χ0n) is 11.0. The summed E-state index contributed by atoms with van der Waals surface area (Å²) < 4.78 is 0. The first kappa shape index (κ1) is 14.7. The quantitative estimate of drug-likeness (QED) is 0.780. The molecule has 0 bridgehead atoms. The molecule has 106 valence electrons. The van der Waals surface area contributed by atoms with Crippen LogP contribution in [0.15, 0.2) is 24.5 Å². The summed E-state index contributed by atoms with van der Waals surface area (Å²) in [4.78, 5) is 8.24. The molecule has 1 aromatic carbocycles. The van der Waals surface area contributed by atoms with Gasteiger partial charge in [-0.05, 0) is 24.6 Å². The van der Waals surface area contributed by atoms with Crippen molar-refractivity contribution in [2.75, 3.05) is 22.9 Å². The zero-order chi connectivity index (χ0) is 14.5. The molecule has 0 aliphatic carbocycles. The number of hydrogen-bond donors (Lipinski definition) is 3. The molecule has 4 N–H and O–H groups in total. The van der Waals surface area contributed by atoms with Gasteiger partial charge in [-0.25, -0.2) is 9.97 Å². The lowest BCUT2D eigenvalue weighted by Gasteiger charge is -2.13. The number of benzene rings is 1. The number of anilines is 4. The maximum Gasteiger partial charge on any atom is 0.159 e. The monoisotopic (exact) mass is 311 g/mol. The smallest absolute Gasteiger partial charge is 0.159 e. The Morgan fingerprint density at radius 1 is 1.20 bits per heavy atom. The van der Waals surface area contributed by atoms with Crippen molar-refractivity contribution >= 4 is 46.2 Å². The third-order valence-corrected chi connectivity index (χ3v) is 3.16. The Hall–Kier alpha value is -1.72. The summed E-state index contributed by atoms with van der Waals surface area (Å²) in [6.45, 7) is 2.86. The van der Waals surface area contributed by atoms with Gasteiger partial charge in [0.05, 0.1) is 10.7 Å². The van der Waals surface area contributed by atoms with Crippen LogP contribution in [0.5, 0.6) is 0 Å². The van der Waals surface area contributed by atoms with Gasteiger partial charge in [0.2, 0.25) is 0 Å². The second-order valence-electron chi connectivity index (χ2n) is 4.16. The van der Waals surface area contributed by atoms with Gasteiger partial charge in [0.15, 0.2) is 11.6 Å². The Bertz CT molecular complexity index is 603. The fourth-order valence-electron chi connectivity index (χ4n) is 1.60. The van der Waals surface area contributed by atoms with Crippen molar-refractivity contribution in [2.24, 2.45) is 0 Å². The van der Waals surface area contributed by atoms with E-state index in [1.165, 1.54) is 6.33 Å². The number of nitrogen functional groups attached to an aromatic ring is 1. The highest BCUT2D eigenvalue weighted by Gasteiger charge is 2.09. The van der Waals surface area contributed by atoms with E-state index in [1.54, 1.807) is 18.2 Å². The molecule has 1 heterocycles. The van der Waals surface area contributed by atoms with E-state index in [2.05, 4.69) is 27.5 Å². The van der Waals surface area contributed by atoms with Gasteiger partial charge in [0.25, 0.3) is 0 Å². The number of nitrogens with two attached hydrogens (primary N) is 1. The maximum atomic E-state index is 6.11. The van der Waals surface area contributed by atoms with E-state index in [0.717, 1.165) is 13.0 Å². The minimum Gasteiger partial charge on any atom is -0.393 e. The van der Waals surface area contributed by atoms with Crippen molar-refractivity contribution < 1.29 is 0 Å². The summed E-state index contributed by atoms with van der Waals surface area (Å²) in [6.07, 6.45) is 2.43. The third kappa shape index (κ3) is 3.43. The van der Waals surface area contributed by atoms with E-state index in [-0.39, 0.29) is 0 Å². The molecule has 0 aliphatic heterocycles. The molecular weight excluding hydrogens is 297 g/mol. The number of aromatic nitrogens is 2. The second kappa shape index (κ2) is 6.63. The fourth-order valence-corrected chi connectivity index (χ4v) is 2.05. The van der Waals surface area contributed by atoms with Gasteiger partial charge < -0.3 is 16.4 Å². The van der Waals surface area contributed by atoms with E-state index < -0.39 is 0 Å². The number of nitrogens with zero attached hydrogens (tertiary/aromatic N) is 2. The molecule has 0 amide bonds. The van der Waals surface area contributed by atoms with Crippen LogP contribution in [0.2, 0.25) is 10.0 Å². The summed E-state index contributed by atoms with van der Waals surface area (Å²) in [7, 11) is 0.